The molecular weight excluding hydrogens is 466 g/mol. The second kappa shape index (κ2) is 9.96. The highest BCUT2D eigenvalue weighted by Crippen LogP contribution is 2.43. The van der Waals surface area contributed by atoms with Crippen LogP contribution in [0.3, 0.4) is 0 Å². The van der Waals surface area contributed by atoms with Crippen molar-refractivity contribution >= 4 is 23.9 Å². The number of carboxylic acid groups (broad SMARTS) is 1. The Labute approximate surface area is 210 Å². The zero-order chi connectivity index (χ0) is 26.1. The molecule has 196 valence electrons. The van der Waals surface area contributed by atoms with Gasteiger partial charge in [-0.1, -0.05) is 51.1 Å². The van der Waals surface area contributed by atoms with E-state index in [1.54, 1.807) is 0 Å². The van der Waals surface area contributed by atoms with Crippen LogP contribution in [0.5, 0.6) is 0 Å². The van der Waals surface area contributed by atoms with Crippen LogP contribution in [0.4, 0.5) is 9.59 Å². The summed E-state index contributed by atoms with van der Waals surface area (Å²) in [7, 11) is 0. The van der Waals surface area contributed by atoms with Crippen molar-refractivity contribution in [1.82, 2.24) is 25.7 Å². The van der Waals surface area contributed by atoms with Crippen molar-refractivity contribution in [3.05, 3.63) is 35.9 Å². The van der Waals surface area contributed by atoms with Crippen LogP contribution in [0.1, 0.15) is 58.4 Å². The minimum absolute atomic E-state index is 0.143. The van der Waals surface area contributed by atoms with E-state index in [9.17, 15) is 24.3 Å². The van der Waals surface area contributed by atoms with Gasteiger partial charge in [-0.3, -0.25) is 30.2 Å². The highest BCUT2D eigenvalue weighted by atomic mass is 16.7. The first kappa shape index (κ1) is 25.7. The number of hydroxylamine groups is 2. The third-order valence-electron chi connectivity index (χ3n) is 7.62. The quantitative estimate of drug-likeness (QED) is 0.531. The number of carbonyl (C=O) groups excluding carboxylic acids is 3. The van der Waals surface area contributed by atoms with Gasteiger partial charge in [-0.15, -0.1) is 0 Å². The van der Waals surface area contributed by atoms with Crippen molar-refractivity contribution in [3.63, 3.8) is 0 Å². The zero-order valence-corrected chi connectivity index (χ0v) is 21.0. The number of urea groups is 1. The number of likely N-dealkylation sites (tertiary alicyclic amines) is 1. The summed E-state index contributed by atoms with van der Waals surface area (Å²) in [5.74, 6) is -1.08. The Balaban J connectivity index is 1.40. The number of nitrogens with zero attached hydrogens (tertiary/aromatic N) is 3. The first-order valence-corrected chi connectivity index (χ1v) is 12.4. The molecule has 3 aliphatic rings. The highest BCUT2D eigenvalue weighted by molar-refractivity contribution is 5.94. The number of hydrogen-bond donors (Lipinski definition) is 3. The van der Waals surface area contributed by atoms with Crippen LogP contribution < -0.4 is 10.9 Å². The summed E-state index contributed by atoms with van der Waals surface area (Å²) >= 11 is 0. The lowest BCUT2D eigenvalue weighted by molar-refractivity contribution is -0.147. The maximum atomic E-state index is 13.4. The Morgan fingerprint density at radius 2 is 1.83 bits per heavy atom. The highest BCUT2D eigenvalue weighted by Gasteiger charge is 2.56. The van der Waals surface area contributed by atoms with Crippen molar-refractivity contribution in [2.75, 3.05) is 13.1 Å². The molecule has 2 bridgehead atoms. The molecule has 0 unspecified atom stereocenters. The molecule has 3 N–H and O–H groups in total. The van der Waals surface area contributed by atoms with Crippen molar-refractivity contribution in [1.29, 1.82) is 0 Å². The predicted octanol–water partition coefficient (Wildman–Crippen LogP) is 2.48. The third kappa shape index (κ3) is 4.59. The molecule has 0 radical (unpaired) electrons. The van der Waals surface area contributed by atoms with E-state index in [4.69, 9.17) is 4.84 Å². The van der Waals surface area contributed by atoms with Crippen LogP contribution in [0.25, 0.3) is 0 Å². The van der Waals surface area contributed by atoms with Gasteiger partial charge < -0.3 is 10.0 Å². The molecule has 3 aliphatic heterocycles. The number of nitrogens with one attached hydrogen (secondary N) is 2. The van der Waals surface area contributed by atoms with E-state index < -0.39 is 34.9 Å². The Kier molecular flexibility index (Phi) is 7.12. The van der Waals surface area contributed by atoms with Crippen LogP contribution in [-0.4, -0.2) is 74.6 Å². The Hall–Kier alpha value is -3.34. The lowest BCUT2D eigenvalue weighted by atomic mass is 9.67. The maximum absolute atomic E-state index is 13.4. The summed E-state index contributed by atoms with van der Waals surface area (Å²) < 4.78 is 0. The van der Waals surface area contributed by atoms with Crippen molar-refractivity contribution in [2.45, 2.75) is 77.1 Å². The average molecular weight is 502 g/mol. The third-order valence-corrected chi connectivity index (χ3v) is 7.62. The SMILES string of the molecule is CC(C)(C)[C@@]1(C(=O)NNC(=O)[C@@H]2CC[C@@H]3CN2C(=O)N3OCc2ccccc2)CCCCN1C(=O)O. The Morgan fingerprint density at radius 1 is 1.11 bits per heavy atom. The molecule has 11 nitrogen and oxygen atoms in total. The van der Waals surface area contributed by atoms with Crippen LogP contribution >= 0.6 is 0 Å². The van der Waals surface area contributed by atoms with Crippen LogP contribution in [-0.2, 0) is 21.0 Å². The summed E-state index contributed by atoms with van der Waals surface area (Å²) in [5, 5.41) is 11.2. The molecule has 4 rings (SSSR count). The molecule has 3 fully saturated rings. The van der Waals surface area contributed by atoms with Crippen LogP contribution in [0, 0.1) is 5.41 Å². The van der Waals surface area contributed by atoms with E-state index in [0.29, 0.717) is 38.6 Å². The minimum atomic E-state index is -1.33. The molecule has 3 saturated heterocycles. The number of rotatable bonds is 5. The molecule has 0 aromatic heterocycles. The standard InChI is InChI=1S/C25H35N5O6/c1-24(2,3)25(13-7-8-14-29(25)23(34)35)21(32)27-26-20(31)19-12-11-18-15-28(19)22(33)30(18)36-16-17-9-5-4-6-10-17/h4-6,9-10,18-19H,7-8,11-16H2,1-3H3,(H,26,31)(H,27,32)(H,34,35)/t18-,19+,25+/m1/s1. The lowest BCUT2D eigenvalue weighted by Crippen LogP contribution is -2.70. The van der Waals surface area contributed by atoms with Crippen molar-refractivity contribution in [3.8, 4) is 0 Å². The summed E-state index contributed by atoms with van der Waals surface area (Å²) in [6.07, 6.45) is 1.58. The molecule has 0 spiro atoms. The van der Waals surface area contributed by atoms with Crippen molar-refractivity contribution < 1.29 is 29.1 Å². The van der Waals surface area contributed by atoms with E-state index in [1.165, 1.54) is 14.9 Å². The van der Waals surface area contributed by atoms with E-state index >= 15 is 0 Å². The van der Waals surface area contributed by atoms with Crippen molar-refractivity contribution in [2.24, 2.45) is 5.41 Å². The molecule has 36 heavy (non-hydrogen) atoms. The normalized spacial score (nSPS) is 26.1. The van der Waals surface area contributed by atoms with E-state index in [2.05, 4.69) is 10.9 Å². The minimum Gasteiger partial charge on any atom is -0.465 e. The average Bonchev–Trinajstić information content (AvgIpc) is 3.09. The van der Waals surface area contributed by atoms with Gasteiger partial charge in [0.05, 0.1) is 6.04 Å². The van der Waals surface area contributed by atoms with E-state index in [-0.39, 0.29) is 25.2 Å². The smallest absolute Gasteiger partial charge is 0.408 e. The predicted molar refractivity (Wildman–Crippen MR) is 129 cm³/mol. The fourth-order valence-corrected chi connectivity index (χ4v) is 5.69. The summed E-state index contributed by atoms with van der Waals surface area (Å²) in [4.78, 5) is 59.9. The number of carbonyl (C=O) groups is 4. The molecule has 1 aromatic rings. The summed E-state index contributed by atoms with van der Waals surface area (Å²) in [5.41, 5.74) is 3.86. The van der Waals surface area contributed by atoms with Gasteiger partial charge in [0.2, 0.25) is 0 Å². The summed E-state index contributed by atoms with van der Waals surface area (Å²) in [6.45, 7) is 6.33. The maximum Gasteiger partial charge on any atom is 0.408 e. The lowest BCUT2D eigenvalue weighted by Gasteiger charge is -2.51. The van der Waals surface area contributed by atoms with Gasteiger partial charge >= 0.3 is 12.1 Å². The first-order chi connectivity index (χ1) is 17.1. The Morgan fingerprint density at radius 3 is 2.50 bits per heavy atom. The number of amides is 5. The molecule has 1 aromatic carbocycles. The molecule has 3 atom stereocenters. The topological polar surface area (TPSA) is 132 Å². The fourth-order valence-electron chi connectivity index (χ4n) is 5.69. The van der Waals surface area contributed by atoms with Gasteiger partial charge in [-0.2, -0.15) is 5.06 Å². The molecule has 5 amide bonds. The molecule has 3 heterocycles. The van der Waals surface area contributed by atoms with Gasteiger partial charge in [0.1, 0.15) is 18.2 Å². The van der Waals surface area contributed by atoms with Crippen LogP contribution in [0.2, 0.25) is 0 Å². The largest absolute Gasteiger partial charge is 0.465 e. The number of benzene rings is 1. The Bertz CT molecular complexity index is 1010. The molecule has 0 saturated carbocycles. The second-order valence-corrected chi connectivity index (χ2v) is 10.7. The molecule has 11 heteroatoms. The van der Waals surface area contributed by atoms with Gasteiger partial charge in [0.15, 0.2) is 0 Å². The van der Waals surface area contributed by atoms with Gasteiger partial charge in [0, 0.05) is 13.1 Å². The number of piperidine rings is 2. The van der Waals surface area contributed by atoms with Crippen LogP contribution in [0.15, 0.2) is 30.3 Å². The molecule has 0 aliphatic carbocycles. The number of fused-ring (bicyclic) bond motifs is 2. The summed E-state index contributed by atoms with van der Waals surface area (Å²) in [6, 6.07) is 8.24. The number of hydrazine groups is 1. The van der Waals surface area contributed by atoms with Gasteiger partial charge in [-0.05, 0) is 43.1 Å². The first-order valence-electron chi connectivity index (χ1n) is 12.4. The van der Waals surface area contributed by atoms with Gasteiger partial charge in [0.25, 0.3) is 11.8 Å². The van der Waals surface area contributed by atoms with E-state index in [1.807, 2.05) is 51.1 Å². The second-order valence-electron chi connectivity index (χ2n) is 10.7. The monoisotopic (exact) mass is 501 g/mol. The fraction of sp³-hybridized carbons (Fsp3) is 0.600. The van der Waals surface area contributed by atoms with E-state index in [0.717, 1.165) is 5.56 Å². The molecular formula is C25H35N5O6. The number of hydrogen-bond acceptors (Lipinski definition) is 5. The van der Waals surface area contributed by atoms with Gasteiger partial charge in [-0.25, -0.2) is 9.59 Å². The zero-order valence-electron chi connectivity index (χ0n) is 21.0.